The predicted molar refractivity (Wildman–Crippen MR) is 58.3 cm³/mol. The Balaban J connectivity index is 1.66. The van der Waals surface area contributed by atoms with Gasteiger partial charge in [-0.15, -0.1) is 0 Å². The van der Waals surface area contributed by atoms with Gasteiger partial charge in [0.05, 0.1) is 6.54 Å². The minimum Gasteiger partial charge on any atom is -0.333 e. The number of nitrogens with zero attached hydrogens (tertiary/aromatic N) is 3. The van der Waals surface area contributed by atoms with Gasteiger partial charge in [0.15, 0.2) is 0 Å². The van der Waals surface area contributed by atoms with E-state index in [0.29, 0.717) is 0 Å². The Labute approximate surface area is 90.1 Å². The van der Waals surface area contributed by atoms with Gasteiger partial charge in [0, 0.05) is 37.6 Å². The van der Waals surface area contributed by atoms with Crippen LogP contribution in [0.1, 0.15) is 25.1 Å². The SMILES string of the molecule is NC1(CN2CCn3ccnc3C2)CCC1. The van der Waals surface area contributed by atoms with Crippen molar-refractivity contribution >= 4 is 0 Å². The zero-order chi connectivity index (χ0) is 10.3. The second-order valence-electron chi connectivity index (χ2n) is 4.96. The smallest absolute Gasteiger partial charge is 0.122 e. The van der Waals surface area contributed by atoms with Crippen molar-refractivity contribution in [2.75, 3.05) is 13.1 Å². The van der Waals surface area contributed by atoms with Crippen molar-refractivity contribution in [3.63, 3.8) is 0 Å². The summed E-state index contributed by atoms with van der Waals surface area (Å²) in [5, 5.41) is 0. The minimum absolute atomic E-state index is 0.106. The summed E-state index contributed by atoms with van der Waals surface area (Å²) < 4.78 is 2.24. The fourth-order valence-corrected chi connectivity index (χ4v) is 2.59. The van der Waals surface area contributed by atoms with E-state index in [4.69, 9.17) is 5.73 Å². The largest absolute Gasteiger partial charge is 0.333 e. The van der Waals surface area contributed by atoms with Crippen LogP contribution in [0.15, 0.2) is 12.4 Å². The molecule has 1 aromatic rings. The van der Waals surface area contributed by atoms with Crippen LogP contribution in [0.4, 0.5) is 0 Å². The Bertz CT molecular complexity index is 353. The van der Waals surface area contributed by atoms with Crippen molar-refractivity contribution in [3.8, 4) is 0 Å². The average Bonchev–Trinajstić information content (AvgIpc) is 2.62. The second-order valence-corrected chi connectivity index (χ2v) is 4.96. The zero-order valence-corrected chi connectivity index (χ0v) is 9.02. The van der Waals surface area contributed by atoms with Crippen LogP contribution in [-0.2, 0) is 13.1 Å². The molecule has 0 bridgehead atoms. The Morgan fingerprint density at radius 2 is 2.27 bits per heavy atom. The van der Waals surface area contributed by atoms with Gasteiger partial charge in [0.2, 0.25) is 0 Å². The van der Waals surface area contributed by atoms with E-state index in [2.05, 4.69) is 20.6 Å². The van der Waals surface area contributed by atoms with E-state index in [1.165, 1.54) is 25.1 Å². The quantitative estimate of drug-likeness (QED) is 0.770. The molecule has 0 atom stereocenters. The van der Waals surface area contributed by atoms with Crippen molar-refractivity contribution in [2.45, 2.75) is 37.9 Å². The summed E-state index contributed by atoms with van der Waals surface area (Å²) >= 11 is 0. The summed E-state index contributed by atoms with van der Waals surface area (Å²) in [5.74, 6) is 1.18. The molecule has 1 fully saturated rings. The Hall–Kier alpha value is -0.870. The van der Waals surface area contributed by atoms with Gasteiger partial charge in [-0.3, -0.25) is 4.90 Å². The summed E-state index contributed by atoms with van der Waals surface area (Å²) in [5.41, 5.74) is 6.37. The van der Waals surface area contributed by atoms with Crippen LogP contribution in [0.5, 0.6) is 0 Å². The van der Waals surface area contributed by atoms with Crippen LogP contribution in [0.3, 0.4) is 0 Å². The molecule has 2 heterocycles. The second kappa shape index (κ2) is 3.32. The monoisotopic (exact) mass is 206 g/mol. The number of aromatic nitrogens is 2. The van der Waals surface area contributed by atoms with Crippen LogP contribution in [0.2, 0.25) is 0 Å². The van der Waals surface area contributed by atoms with Crippen molar-refractivity contribution in [1.82, 2.24) is 14.5 Å². The Kier molecular flexibility index (Phi) is 2.07. The molecule has 0 unspecified atom stereocenters. The molecule has 2 aliphatic rings. The maximum absolute atomic E-state index is 6.26. The van der Waals surface area contributed by atoms with E-state index in [1.807, 2.05) is 6.20 Å². The van der Waals surface area contributed by atoms with Crippen LogP contribution >= 0.6 is 0 Å². The van der Waals surface area contributed by atoms with Crippen molar-refractivity contribution in [1.29, 1.82) is 0 Å². The lowest BCUT2D eigenvalue weighted by Gasteiger charge is -2.43. The van der Waals surface area contributed by atoms with Gasteiger partial charge < -0.3 is 10.3 Å². The first-order valence-corrected chi connectivity index (χ1v) is 5.76. The summed E-state index contributed by atoms with van der Waals surface area (Å²) in [4.78, 5) is 6.81. The third kappa shape index (κ3) is 1.68. The standard InChI is InChI=1S/C11H18N4/c12-11(2-1-3-11)9-14-6-7-15-5-4-13-10(15)8-14/h4-5H,1-3,6-9,12H2. The molecule has 1 aliphatic heterocycles. The minimum atomic E-state index is 0.106. The summed E-state index contributed by atoms with van der Waals surface area (Å²) in [6.45, 7) is 4.18. The first-order valence-electron chi connectivity index (χ1n) is 5.76. The maximum atomic E-state index is 6.26. The number of rotatable bonds is 2. The summed E-state index contributed by atoms with van der Waals surface area (Å²) in [6.07, 6.45) is 7.64. The lowest BCUT2D eigenvalue weighted by atomic mass is 9.77. The van der Waals surface area contributed by atoms with E-state index < -0.39 is 0 Å². The summed E-state index contributed by atoms with van der Waals surface area (Å²) in [6, 6.07) is 0. The lowest BCUT2D eigenvalue weighted by Crippen LogP contribution is -2.56. The first kappa shape index (κ1) is 9.36. The third-order valence-corrected chi connectivity index (χ3v) is 3.71. The van der Waals surface area contributed by atoms with Gasteiger partial charge in [0.1, 0.15) is 5.82 Å². The molecule has 4 heteroatoms. The van der Waals surface area contributed by atoms with Crippen LogP contribution in [0, 0.1) is 0 Å². The van der Waals surface area contributed by atoms with Crippen molar-refractivity contribution in [3.05, 3.63) is 18.2 Å². The highest BCUT2D eigenvalue weighted by Crippen LogP contribution is 2.30. The van der Waals surface area contributed by atoms with Gasteiger partial charge in [-0.25, -0.2) is 4.98 Å². The molecule has 1 saturated carbocycles. The highest BCUT2D eigenvalue weighted by molar-refractivity contribution is 5.00. The average molecular weight is 206 g/mol. The Morgan fingerprint density at radius 3 is 3.00 bits per heavy atom. The summed E-state index contributed by atoms with van der Waals surface area (Å²) in [7, 11) is 0. The molecule has 15 heavy (non-hydrogen) atoms. The van der Waals surface area contributed by atoms with E-state index in [0.717, 1.165) is 26.2 Å². The molecular weight excluding hydrogens is 188 g/mol. The molecule has 1 aliphatic carbocycles. The highest BCUT2D eigenvalue weighted by atomic mass is 15.2. The molecule has 0 spiro atoms. The van der Waals surface area contributed by atoms with E-state index in [-0.39, 0.29) is 5.54 Å². The predicted octanol–water partition coefficient (Wildman–Crippen LogP) is 0.580. The molecule has 0 amide bonds. The molecule has 0 aromatic carbocycles. The van der Waals surface area contributed by atoms with Crippen LogP contribution < -0.4 is 5.73 Å². The molecule has 1 aromatic heterocycles. The topological polar surface area (TPSA) is 47.1 Å². The normalized spacial score (nSPS) is 24.6. The van der Waals surface area contributed by atoms with Crippen molar-refractivity contribution in [2.24, 2.45) is 5.73 Å². The molecular formula is C11H18N4. The molecule has 3 rings (SSSR count). The molecule has 2 N–H and O–H groups in total. The van der Waals surface area contributed by atoms with Crippen molar-refractivity contribution < 1.29 is 0 Å². The molecule has 4 nitrogen and oxygen atoms in total. The molecule has 0 radical (unpaired) electrons. The number of fused-ring (bicyclic) bond motifs is 1. The van der Waals surface area contributed by atoms with Gasteiger partial charge in [0.25, 0.3) is 0 Å². The highest BCUT2D eigenvalue weighted by Gasteiger charge is 2.35. The molecule has 82 valence electrons. The number of imidazole rings is 1. The van der Waals surface area contributed by atoms with Gasteiger partial charge >= 0.3 is 0 Å². The maximum Gasteiger partial charge on any atom is 0.122 e. The Morgan fingerprint density at radius 1 is 1.40 bits per heavy atom. The van der Waals surface area contributed by atoms with Gasteiger partial charge in [-0.2, -0.15) is 0 Å². The first-order chi connectivity index (χ1) is 7.25. The fraction of sp³-hybridized carbons (Fsp3) is 0.727. The molecule has 0 saturated heterocycles. The van der Waals surface area contributed by atoms with E-state index in [9.17, 15) is 0 Å². The van der Waals surface area contributed by atoms with Gasteiger partial charge in [-0.05, 0) is 19.3 Å². The van der Waals surface area contributed by atoms with Crippen LogP contribution in [-0.4, -0.2) is 33.1 Å². The number of hydrogen-bond donors (Lipinski definition) is 1. The zero-order valence-electron chi connectivity index (χ0n) is 9.02. The number of hydrogen-bond acceptors (Lipinski definition) is 3. The fourth-order valence-electron chi connectivity index (χ4n) is 2.59. The van der Waals surface area contributed by atoms with E-state index >= 15 is 0 Å². The van der Waals surface area contributed by atoms with Crippen LogP contribution in [0.25, 0.3) is 0 Å². The van der Waals surface area contributed by atoms with Gasteiger partial charge in [-0.1, -0.05) is 0 Å². The number of nitrogens with two attached hydrogens (primary N) is 1. The lowest BCUT2D eigenvalue weighted by molar-refractivity contribution is 0.121. The third-order valence-electron chi connectivity index (χ3n) is 3.71. The van der Waals surface area contributed by atoms with E-state index in [1.54, 1.807) is 0 Å².